The van der Waals surface area contributed by atoms with Crippen LogP contribution in [0.15, 0.2) is 64.8 Å². The second-order valence-electron chi connectivity index (χ2n) is 7.00. The summed E-state index contributed by atoms with van der Waals surface area (Å²) in [5.41, 5.74) is 6.01. The molecule has 0 amide bonds. The zero-order chi connectivity index (χ0) is 21.8. The molecule has 8 heteroatoms. The van der Waals surface area contributed by atoms with Crippen molar-refractivity contribution in [1.29, 1.82) is 0 Å². The maximum atomic E-state index is 12.4. The number of aromatic nitrogens is 3. The molecule has 0 aliphatic rings. The molecule has 0 bridgehead atoms. The van der Waals surface area contributed by atoms with Gasteiger partial charge in [0.1, 0.15) is 5.75 Å². The van der Waals surface area contributed by atoms with E-state index in [4.69, 9.17) is 0 Å². The van der Waals surface area contributed by atoms with Crippen molar-refractivity contribution in [3.8, 4) is 5.75 Å². The van der Waals surface area contributed by atoms with Gasteiger partial charge in [0.2, 0.25) is 0 Å². The van der Waals surface area contributed by atoms with E-state index < -0.39 is 6.61 Å². The number of hydrogen-bond acceptors (Lipinski definition) is 5. The number of imidazole rings is 1. The van der Waals surface area contributed by atoms with E-state index >= 15 is 0 Å². The van der Waals surface area contributed by atoms with Crippen LogP contribution in [-0.2, 0) is 11.5 Å². The summed E-state index contributed by atoms with van der Waals surface area (Å²) in [5, 5.41) is 0.712. The Balaban J connectivity index is 1.46. The highest BCUT2D eigenvalue weighted by Gasteiger charge is 2.13. The molecule has 4 rings (SSSR count). The van der Waals surface area contributed by atoms with Crippen molar-refractivity contribution in [1.82, 2.24) is 15.0 Å². The second kappa shape index (κ2) is 9.70. The number of rotatable bonds is 8. The Bertz CT molecular complexity index is 1180. The largest absolute Gasteiger partial charge is 0.435 e. The Labute approximate surface area is 187 Å². The van der Waals surface area contributed by atoms with Crippen molar-refractivity contribution in [2.45, 2.75) is 42.0 Å². The van der Waals surface area contributed by atoms with Gasteiger partial charge in [-0.3, -0.25) is 4.98 Å². The molecule has 0 radical (unpaired) electrons. The highest BCUT2D eigenvalue weighted by molar-refractivity contribution is 7.98. The number of hydrogen-bond donors (Lipinski definition) is 1. The maximum absolute atomic E-state index is 12.4. The smallest absolute Gasteiger partial charge is 0.387 e. The van der Waals surface area contributed by atoms with Gasteiger partial charge in [0, 0.05) is 28.7 Å². The molecule has 0 aliphatic heterocycles. The van der Waals surface area contributed by atoms with Crippen LogP contribution in [0.2, 0.25) is 0 Å². The Morgan fingerprint density at radius 2 is 1.84 bits per heavy atom. The maximum Gasteiger partial charge on any atom is 0.387 e. The van der Waals surface area contributed by atoms with E-state index in [1.54, 1.807) is 6.07 Å². The summed E-state index contributed by atoms with van der Waals surface area (Å²) in [7, 11) is 0. The lowest BCUT2D eigenvalue weighted by molar-refractivity contribution is -0.0497. The minimum Gasteiger partial charge on any atom is -0.435 e. The number of ether oxygens (including phenoxy) is 1. The normalized spacial score (nSPS) is 11.4. The molecular weight excluding hydrogens is 436 g/mol. The van der Waals surface area contributed by atoms with Crippen LogP contribution >= 0.6 is 23.5 Å². The number of fused-ring (bicyclic) bond motifs is 1. The fourth-order valence-electron chi connectivity index (χ4n) is 3.20. The van der Waals surface area contributed by atoms with Gasteiger partial charge in [-0.1, -0.05) is 42.1 Å². The number of aromatic amines is 1. The van der Waals surface area contributed by atoms with E-state index in [9.17, 15) is 8.78 Å². The third kappa shape index (κ3) is 5.37. The van der Waals surface area contributed by atoms with Gasteiger partial charge >= 0.3 is 6.61 Å². The zero-order valence-corrected chi connectivity index (χ0v) is 18.7. The summed E-state index contributed by atoms with van der Waals surface area (Å²) in [4.78, 5) is 13.6. The van der Waals surface area contributed by atoms with Crippen LogP contribution in [0.4, 0.5) is 8.78 Å². The van der Waals surface area contributed by atoms with E-state index in [1.165, 1.54) is 45.5 Å². The number of pyridine rings is 1. The van der Waals surface area contributed by atoms with Crippen molar-refractivity contribution in [3.63, 3.8) is 0 Å². The number of alkyl halides is 2. The lowest BCUT2D eigenvalue weighted by Gasteiger charge is -2.13. The van der Waals surface area contributed by atoms with Crippen molar-refractivity contribution in [2.24, 2.45) is 0 Å². The van der Waals surface area contributed by atoms with Crippen molar-refractivity contribution in [3.05, 3.63) is 77.1 Å². The zero-order valence-electron chi connectivity index (χ0n) is 17.1. The first-order chi connectivity index (χ1) is 15.0. The summed E-state index contributed by atoms with van der Waals surface area (Å²) in [5.74, 6) is 1.67. The van der Waals surface area contributed by atoms with Crippen LogP contribution in [0.3, 0.4) is 0 Å². The molecule has 31 heavy (non-hydrogen) atoms. The molecule has 0 unspecified atom stereocenters. The number of benzene rings is 2. The number of aryl methyl sites for hydroxylation is 1. The molecule has 2 heterocycles. The molecule has 1 N–H and O–H groups in total. The molecule has 0 spiro atoms. The Morgan fingerprint density at radius 1 is 1.03 bits per heavy atom. The molecular formula is C23H21F2N3OS2. The van der Waals surface area contributed by atoms with E-state index in [1.807, 2.05) is 24.0 Å². The lowest BCUT2D eigenvalue weighted by Crippen LogP contribution is -2.01. The molecule has 0 saturated carbocycles. The predicted octanol–water partition coefficient (Wildman–Crippen LogP) is 6.76. The molecule has 4 nitrogen and oxygen atoms in total. The number of thioether (sulfide) groups is 2. The number of nitrogens with one attached hydrogen (secondary N) is 1. The van der Waals surface area contributed by atoms with Crippen LogP contribution in [0.5, 0.6) is 5.75 Å². The van der Waals surface area contributed by atoms with E-state index in [0.717, 1.165) is 17.0 Å². The third-order valence-electron chi connectivity index (χ3n) is 4.78. The van der Waals surface area contributed by atoms with Crippen molar-refractivity contribution >= 4 is 34.6 Å². The highest BCUT2D eigenvalue weighted by Crippen LogP contribution is 2.33. The monoisotopic (exact) mass is 457 g/mol. The van der Waals surface area contributed by atoms with Crippen LogP contribution in [0.25, 0.3) is 11.0 Å². The summed E-state index contributed by atoms with van der Waals surface area (Å²) in [6.45, 7) is 1.34. The van der Waals surface area contributed by atoms with Crippen molar-refractivity contribution in [2.75, 3.05) is 0 Å². The quantitative estimate of drug-likeness (QED) is 0.296. The molecule has 0 aliphatic carbocycles. The average molecular weight is 458 g/mol. The molecule has 2 aromatic carbocycles. The van der Waals surface area contributed by atoms with Crippen molar-refractivity contribution < 1.29 is 13.5 Å². The summed E-state index contributed by atoms with van der Waals surface area (Å²) < 4.78 is 29.3. The topological polar surface area (TPSA) is 50.8 Å². The van der Waals surface area contributed by atoms with Gasteiger partial charge in [0.25, 0.3) is 0 Å². The summed E-state index contributed by atoms with van der Waals surface area (Å²) in [6, 6.07) is 15.1. The molecule has 0 fully saturated rings. The van der Waals surface area contributed by atoms with E-state index in [0.29, 0.717) is 16.4 Å². The van der Waals surface area contributed by atoms with Gasteiger partial charge in [-0.15, -0.1) is 11.8 Å². The second-order valence-corrected chi connectivity index (χ2v) is 8.95. The van der Waals surface area contributed by atoms with E-state index in [2.05, 4.69) is 57.8 Å². The first kappa shape index (κ1) is 21.6. The third-order valence-corrected chi connectivity index (χ3v) is 7.05. The lowest BCUT2D eigenvalue weighted by atomic mass is 10.2. The van der Waals surface area contributed by atoms with Gasteiger partial charge in [0.15, 0.2) is 5.16 Å². The van der Waals surface area contributed by atoms with Gasteiger partial charge in [0.05, 0.1) is 16.7 Å². The fourth-order valence-corrected chi connectivity index (χ4v) is 5.23. The number of H-pyrrole nitrogens is 1. The number of nitrogens with zero attached hydrogens (tertiary/aromatic N) is 2. The van der Waals surface area contributed by atoms with Crippen LogP contribution in [0, 0.1) is 13.8 Å². The highest BCUT2D eigenvalue weighted by atomic mass is 32.2. The number of halogens is 2. The minimum absolute atomic E-state index is 0.0988. The van der Waals surface area contributed by atoms with E-state index in [-0.39, 0.29) is 5.75 Å². The predicted molar refractivity (Wildman–Crippen MR) is 122 cm³/mol. The summed E-state index contributed by atoms with van der Waals surface area (Å²) >= 11 is 3.36. The molecule has 160 valence electrons. The van der Waals surface area contributed by atoms with Gasteiger partial charge in [-0.25, -0.2) is 4.98 Å². The molecule has 2 aromatic heterocycles. The summed E-state index contributed by atoms with van der Waals surface area (Å²) in [6.07, 6.45) is 1.92. The minimum atomic E-state index is -2.85. The first-order valence-corrected chi connectivity index (χ1v) is 11.7. The SMILES string of the molecule is Cc1cnc(CSc2nc3cc(OC(F)F)ccc3[nH]2)c(C)c1SCc1ccccc1. The van der Waals surface area contributed by atoms with Crippen LogP contribution in [0.1, 0.15) is 22.4 Å². The Kier molecular flexibility index (Phi) is 6.77. The standard InChI is InChI=1S/C23H21F2N3OS2/c1-14-11-26-20(15(2)21(14)30-12-16-6-4-3-5-7-16)13-31-23-27-18-9-8-17(29-22(24)25)10-19(18)28-23/h3-11,22H,12-13H2,1-2H3,(H,27,28). The molecule has 4 aromatic rings. The van der Waals surface area contributed by atoms with Gasteiger partial charge < -0.3 is 9.72 Å². The first-order valence-electron chi connectivity index (χ1n) is 9.69. The van der Waals surface area contributed by atoms with Crippen LogP contribution in [-0.4, -0.2) is 21.6 Å². The Hall–Kier alpha value is -2.58. The Morgan fingerprint density at radius 3 is 2.61 bits per heavy atom. The molecule has 0 saturated heterocycles. The van der Waals surface area contributed by atoms with Gasteiger partial charge in [-0.05, 0) is 42.7 Å². The average Bonchev–Trinajstić information content (AvgIpc) is 3.15. The van der Waals surface area contributed by atoms with Crippen LogP contribution < -0.4 is 4.74 Å². The van der Waals surface area contributed by atoms with Gasteiger partial charge in [-0.2, -0.15) is 8.78 Å². The fraction of sp³-hybridized carbons (Fsp3) is 0.217. The molecule has 0 atom stereocenters.